The summed E-state index contributed by atoms with van der Waals surface area (Å²) < 4.78 is 58.2. The number of esters is 2. The van der Waals surface area contributed by atoms with E-state index in [1.54, 1.807) is 12.1 Å². The third-order valence-corrected chi connectivity index (χ3v) is 7.60. The molecule has 0 spiro atoms. The van der Waals surface area contributed by atoms with Crippen LogP contribution >= 0.6 is 0 Å². The summed E-state index contributed by atoms with van der Waals surface area (Å²) in [5.41, 5.74) is -0.121. The highest BCUT2D eigenvalue weighted by molar-refractivity contribution is 5.87. The average molecular weight is 749 g/mol. The van der Waals surface area contributed by atoms with Crippen molar-refractivity contribution in [2.75, 3.05) is 26.9 Å². The molecule has 2 aromatic carbocycles. The fourth-order valence-corrected chi connectivity index (χ4v) is 4.90. The minimum absolute atomic E-state index is 0.147. The molecule has 1 saturated carbocycles. The topological polar surface area (TPSA) is 153 Å². The second kappa shape index (κ2) is 24.0. The van der Waals surface area contributed by atoms with Crippen molar-refractivity contribution in [3.05, 3.63) is 94.1 Å². The van der Waals surface area contributed by atoms with E-state index in [1.807, 2.05) is 19.1 Å². The molecule has 0 saturated heterocycles. The molecule has 0 bridgehead atoms. The molecule has 0 radical (unpaired) electrons. The van der Waals surface area contributed by atoms with Gasteiger partial charge in [0, 0.05) is 12.5 Å². The van der Waals surface area contributed by atoms with Crippen LogP contribution in [0.25, 0.3) is 6.08 Å². The highest BCUT2D eigenvalue weighted by Crippen LogP contribution is 2.32. The predicted molar refractivity (Wildman–Crippen MR) is 190 cm³/mol. The van der Waals surface area contributed by atoms with E-state index in [4.69, 9.17) is 18.9 Å². The van der Waals surface area contributed by atoms with Crippen LogP contribution < -0.4 is 19.5 Å². The summed E-state index contributed by atoms with van der Waals surface area (Å²) in [6, 6.07) is 8.76. The maximum Gasteiger partial charge on any atom is 0.416 e. The van der Waals surface area contributed by atoms with Crippen molar-refractivity contribution in [3.63, 3.8) is 0 Å². The van der Waals surface area contributed by atoms with E-state index in [-0.39, 0.29) is 36.4 Å². The number of unbranched alkanes of at least 4 members (excludes halogenated alkanes) is 1. The van der Waals surface area contributed by atoms with Gasteiger partial charge in [-0.3, -0.25) is 4.79 Å². The molecule has 290 valence electrons. The van der Waals surface area contributed by atoms with Gasteiger partial charge in [0.05, 0.1) is 19.3 Å². The number of methoxy groups -OCH3 is 1. The first kappa shape index (κ1) is 43.8. The van der Waals surface area contributed by atoms with Crippen LogP contribution in [-0.4, -0.2) is 55.9 Å². The highest BCUT2D eigenvalue weighted by Gasteiger charge is 2.30. The van der Waals surface area contributed by atoms with Gasteiger partial charge in [-0.25, -0.2) is 9.59 Å². The van der Waals surface area contributed by atoms with E-state index >= 15 is 0 Å². The van der Waals surface area contributed by atoms with Crippen LogP contribution in [0.5, 0.6) is 17.2 Å². The summed E-state index contributed by atoms with van der Waals surface area (Å²) in [7, 11) is 1.39. The average Bonchev–Trinajstić information content (AvgIpc) is 3.65. The first-order valence-corrected chi connectivity index (χ1v) is 17.2. The van der Waals surface area contributed by atoms with E-state index in [2.05, 4.69) is 22.3 Å². The molecule has 1 atom stereocenters. The second-order valence-corrected chi connectivity index (χ2v) is 11.8. The van der Waals surface area contributed by atoms with Gasteiger partial charge in [0.25, 0.3) is 5.09 Å². The molecule has 2 aromatic rings. The Hall–Kier alpha value is -5.34. The second-order valence-electron chi connectivity index (χ2n) is 11.8. The molecule has 1 unspecified atom stereocenters. The van der Waals surface area contributed by atoms with Crippen molar-refractivity contribution in [2.45, 2.75) is 77.4 Å². The van der Waals surface area contributed by atoms with Gasteiger partial charge in [0.1, 0.15) is 25.0 Å². The van der Waals surface area contributed by atoms with Gasteiger partial charge in [-0.2, -0.15) is 13.2 Å². The molecular weight excluding hydrogens is 701 g/mol. The van der Waals surface area contributed by atoms with Crippen molar-refractivity contribution in [1.29, 1.82) is 0 Å². The molecular formula is C38H47F3N2O10. The summed E-state index contributed by atoms with van der Waals surface area (Å²) in [4.78, 5) is 49.9. The van der Waals surface area contributed by atoms with Crippen LogP contribution in [0.3, 0.4) is 0 Å². The number of ether oxygens (including phenoxy) is 4. The van der Waals surface area contributed by atoms with Gasteiger partial charge in [0.2, 0.25) is 5.91 Å². The van der Waals surface area contributed by atoms with Crippen molar-refractivity contribution in [1.82, 2.24) is 5.32 Å². The van der Waals surface area contributed by atoms with Crippen LogP contribution in [0.15, 0.2) is 72.8 Å². The third-order valence-electron chi connectivity index (χ3n) is 7.60. The maximum absolute atomic E-state index is 12.5. The van der Waals surface area contributed by atoms with E-state index in [0.717, 1.165) is 31.1 Å². The number of halogens is 3. The minimum atomic E-state index is -4.32. The summed E-state index contributed by atoms with van der Waals surface area (Å²) in [5, 5.41) is 11.6. The van der Waals surface area contributed by atoms with E-state index in [9.17, 15) is 37.7 Å². The lowest BCUT2D eigenvalue weighted by atomic mass is 10.1. The first-order chi connectivity index (χ1) is 25.3. The zero-order valence-corrected chi connectivity index (χ0v) is 30.1. The predicted octanol–water partition coefficient (Wildman–Crippen LogP) is 7.84. The van der Waals surface area contributed by atoms with Gasteiger partial charge in [0.15, 0.2) is 11.5 Å². The van der Waals surface area contributed by atoms with Crippen molar-refractivity contribution < 1.29 is 56.4 Å². The smallest absolute Gasteiger partial charge is 0.416 e. The van der Waals surface area contributed by atoms with E-state index in [0.29, 0.717) is 30.9 Å². The van der Waals surface area contributed by atoms with Crippen molar-refractivity contribution in [2.24, 2.45) is 5.92 Å². The summed E-state index contributed by atoms with van der Waals surface area (Å²) in [6.45, 7) is 3.20. The molecule has 12 nitrogen and oxygen atoms in total. The lowest BCUT2D eigenvalue weighted by molar-refractivity contribution is -0.757. The fraction of sp³-hybridized carbons (Fsp3) is 0.447. The number of carbonyl (C=O) groups is 3. The Morgan fingerprint density at radius 1 is 1.02 bits per heavy atom. The molecule has 0 heterocycles. The van der Waals surface area contributed by atoms with Crippen molar-refractivity contribution >= 4 is 23.9 Å². The number of nitrogens with zero attached hydrogens (tertiary/aromatic N) is 1. The van der Waals surface area contributed by atoms with Gasteiger partial charge >= 0.3 is 18.1 Å². The van der Waals surface area contributed by atoms with Crippen LogP contribution in [0.1, 0.15) is 76.3 Å². The molecule has 53 heavy (non-hydrogen) atoms. The minimum Gasteiger partial charge on any atom is -0.493 e. The normalized spacial score (nSPS) is 13.7. The Kier molecular flexibility index (Phi) is 19.8. The number of nitrogens with one attached hydrogen (secondary N) is 1. The largest absolute Gasteiger partial charge is 0.493 e. The van der Waals surface area contributed by atoms with Crippen LogP contribution in [-0.2, 0) is 30.1 Å². The van der Waals surface area contributed by atoms with E-state index < -0.39 is 34.8 Å². The highest BCUT2D eigenvalue weighted by atomic mass is 19.4. The third kappa shape index (κ3) is 18.6. The van der Waals surface area contributed by atoms with Crippen LogP contribution in [0, 0.1) is 16.0 Å². The maximum atomic E-state index is 12.5. The molecule has 0 aromatic heterocycles. The number of hydrogen-bond acceptors (Lipinski definition) is 10. The molecule has 1 aliphatic rings. The molecule has 1 fully saturated rings. The Balaban J connectivity index is 0.000000412. The molecule has 3 rings (SSSR count). The summed E-state index contributed by atoms with van der Waals surface area (Å²) in [6.07, 6.45) is 14.0. The number of carbonyl (C=O) groups excluding carboxylic acids is 3. The lowest BCUT2D eigenvalue weighted by Gasteiger charge is -2.15. The zero-order chi connectivity index (χ0) is 39.1. The van der Waals surface area contributed by atoms with Gasteiger partial charge < -0.3 is 29.1 Å². The number of hydrogen-bond donors (Lipinski definition) is 1. The number of benzene rings is 2. The Bertz CT molecular complexity index is 1550. The van der Waals surface area contributed by atoms with Gasteiger partial charge in [-0.15, -0.1) is 10.1 Å². The monoisotopic (exact) mass is 748 g/mol. The SMILES string of the molecule is C/C=C\CCCC(=O)NC(C)C(=O)Oc1ccc(/C=C/C(=O)OCCO[N+](=O)[O-])cc1OC.FC(F)(F)c1cccc(OCC/C=C/C2CCCC2)c1. The van der Waals surface area contributed by atoms with Crippen LogP contribution in [0.2, 0.25) is 0 Å². The number of alkyl halides is 3. The lowest BCUT2D eigenvalue weighted by Crippen LogP contribution is -2.40. The van der Waals surface area contributed by atoms with E-state index in [1.165, 1.54) is 64.0 Å². The van der Waals surface area contributed by atoms with Crippen molar-refractivity contribution in [3.8, 4) is 17.2 Å². The Morgan fingerprint density at radius 3 is 2.45 bits per heavy atom. The molecule has 1 N–H and O–H groups in total. The van der Waals surface area contributed by atoms with Gasteiger partial charge in [-0.05, 0) is 93.8 Å². The molecule has 1 aliphatic carbocycles. The Labute approximate surface area is 307 Å². The molecule has 0 aliphatic heterocycles. The quantitative estimate of drug-likeness (QED) is 0.0286. The number of amides is 1. The molecule has 1 amide bonds. The summed E-state index contributed by atoms with van der Waals surface area (Å²) >= 11 is 0. The zero-order valence-electron chi connectivity index (χ0n) is 30.1. The number of rotatable bonds is 19. The van der Waals surface area contributed by atoms with Gasteiger partial charge in [-0.1, -0.05) is 49.3 Å². The fourth-order valence-electron chi connectivity index (χ4n) is 4.90. The standard InChI is InChI=1S/C22H28N2O9.C16H19F3O/c1-4-5-6-7-8-20(25)23-16(2)22(27)33-18-11-9-17(15-19(18)30-3)10-12-21(26)31-13-14-32-24(28)29;17-16(18,19)14-9-5-10-15(12-14)20-11-4-3-8-13-6-1-2-7-13/h4-5,9-12,15-16H,6-8,13-14H2,1-3H3,(H,23,25);3,5,8-10,12-13H,1-2,4,6-7,11H2/b5-4-,12-10+;8-3+. The summed E-state index contributed by atoms with van der Waals surface area (Å²) in [5.74, 6) is -0.270. The molecule has 15 heteroatoms. The van der Waals surface area contributed by atoms with Crippen LogP contribution in [0.4, 0.5) is 13.2 Å². The Morgan fingerprint density at radius 2 is 1.77 bits per heavy atom. The number of allylic oxidation sites excluding steroid dienone is 3. The first-order valence-electron chi connectivity index (χ1n) is 17.2.